The summed E-state index contributed by atoms with van der Waals surface area (Å²) in [6.07, 6.45) is 1.79. The maximum atomic E-state index is 5.12. The van der Waals surface area contributed by atoms with Crippen molar-refractivity contribution in [2.75, 3.05) is 51.3 Å². The Hall–Kier alpha value is -1.33. The molecule has 0 bridgehead atoms. The van der Waals surface area contributed by atoms with E-state index in [1.54, 1.807) is 13.3 Å². The number of anilines is 1. The van der Waals surface area contributed by atoms with Gasteiger partial charge in [-0.3, -0.25) is 4.90 Å². The number of nitrogens with one attached hydrogen (secondary N) is 1. The van der Waals surface area contributed by atoms with E-state index in [0.29, 0.717) is 6.04 Å². The fourth-order valence-electron chi connectivity index (χ4n) is 2.60. The van der Waals surface area contributed by atoms with Gasteiger partial charge in [0.15, 0.2) is 0 Å². The van der Waals surface area contributed by atoms with Gasteiger partial charge in [0.1, 0.15) is 11.6 Å². The van der Waals surface area contributed by atoms with Crippen LogP contribution in [0.4, 0.5) is 5.82 Å². The van der Waals surface area contributed by atoms with Crippen molar-refractivity contribution in [2.45, 2.75) is 6.04 Å². The molecule has 98 valence electrons. The molecular weight excluding hydrogens is 228 g/mol. The Morgan fingerprint density at radius 1 is 1.28 bits per heavy atom. The monoisotopic (exact) mass is 248 g/mol. The van der Waals surface area contributed by atoms with E-state index in [-0.39, 0.29) is 0 Å². The molecule has 2 fully saturated rings. The summed E-state index contributed by atoms with van der Waals surface area (Å²) in [5.74, 6) is 1.88. The van der Waals surface area contributed by atoms with Crippen molar-refractivity contribution in [3.8, 4) is 5.75 Å². The lowest BCUT2D eigenvalue weighted by molar-refractivity contribution is 0.147. The second-order valence-electron chi connectivity index (χ2n) is 4.90. The van der Waals surface area contributed by atoms with Crippen molar-refractivity contribution in [1.82, 2.24) is 15.2 Å². The van der Waals surface area contributed by atoms with Gasteiger partial charge in [-0.25, -0.2) is 4.98 Å². The average molecular weight is 248 g/mol. The first-order valence-corrected chi connectivity index (χ1v) is 6.56. The predicted molar refractivity (Wildman–Crippen MR) is 71.2 cm³/mol. The van der Waals surface area contributed by atoms with E-state index in [1.165, 1.54) is 13.1 Å². The molecule has 5 nitrogen and oxygen atoms in total. The number of nitrogens with zero attached hydrogens (tertiary/aromatic N) is 3. The second-order valence-corrected chi connectivity index (χ2v) is 4.90. The van der Waals surface area contributed by atoms with Crippen molar-refractivity contribution >= 4 is 5.82 Å². The lowest BCUT2D eigenvalue weighted by Crippen LogP contribution is -2.63. The molecule has 0 aromatic carbocycles. The summed E-state index contributed by atoms with van der Waals surface area (Å²) in [4.78, 5) is 9.33. The molecule has 0 aliphatic carbocycles. The molecule has 2 aliphatic rings. The van der Waals surface area contributed by atoms with Crippen LogP contribution < -0.4 is 15.0 Å². The Bertz CT molecular complexity index is 382. The van der Waals surface area contributed by atoms with Gasteiger partial charge in [-0.15, -0.1) is 0 Å². The third-order valence-electron chi connectivity index (χ3n) is 3.81. The van der Waals surface area contributed by atoms with E-state index in [2.05, 4.69) is 20.1 Å². The SMILES string of the molecule is COc1ccc(N2CC(N3CCNCC3)C2)nc1. The molecule has 0 atom stereocenters. The Morgan fingerprint density at radius 2 is 2.06 bits per heavy atom. The van der Waals surface area contributed by atoms with Crippen molar-refractivity contribution in [3.05, 3.63) is 18.3 Å². The Labute approximate surface area is 108 Å². The third-order valence-corrected chi connectivity index (χ3v) is 3.81. The Balaban J connectivity index is 1.54. The van der Waals surface area contributed by atoms with Crippen molar-refractivity contribution in [1.29, 1.82) is 0 Å². The quantitative estimate of drug-likeness (QED) is 0.826. The highest BCUT2D eigenvalue weighted by Crippen LogP contribution is 2.23. The molecule has 18 heavy (non-hydrogen) atoms. The molecule has 0 amide bonds. The van der Waals surface area contributed by atoms with Crippen LogP contribution in [0.25, 0.3) is 0 Å². The fourth-order valence-corrected chi connectivity index (χ4v) is 2.60. The summed E-state index contributed by atoms with van der Waals surface area (Å²) in [6, 6.07) is 4.71. The van der Waals surface area contributed by atoms with E-state index >= 15 is 0 Å². The van der Waals surface area contributed by atoms with Gasteiger partial charge >= 0.3 is 0 Å². The minimum Gasteiger partial charge on any atom is -0.495 e. The molecule has 1 aromatic heterocycles. The zero-order chi connectivity index (χ0) is 12.4. The third kappa shape index (κ3) is 2.28. The second kappa shape index (κ2) is 5.12. The molecule has 1 N–H and O–H groups in total. The first kappa shape index (κ1) is 11.7. The van der Waals surface area contributed by atoms with Gasteiger partial charge in [0, 0.05) is 45.3 Å². The summed E-state index contributed by atoms with van der Waals surface area (Å²) < 4.78 is 5.12. The normalized spacial score (nSPS) is 21.7. The molecule has 3 heterocycles. The van der Waals surface area contributed by atoms with E-state index < -0.39 is 0 Å². The minimum absolute atomic E-state index is 0.705. The molecule has 5 heteroatoms. The molecule has 2 saturated heterocycles. The number of rotatable bonds is 3. The molecule has 1 aromatic rings. The average Bonchev–Trinajstić information content (AvgIpc) is 2.39. The maximum absolute atomic E-state index is 5.12. The van der Waals surface area contributed by atoms with E-state index in [9.17, 15) is 0 Å². The van der Waals surface area contributed by atoms with Crippen LogP contribution in [-0.4, -0.2) is 62.3 Å². The summed E-state index contributed by atoms with van der Waals surface area (Å²) in [7, 11) is 1.67. The number of methoxy groups -OCH3 is 1. The standard InChI is InChI=1S/C13H20N4O/c1-18-12-2-3-13(15-8-12)17-9-11(10-17)16-6-4-14-5-7-16/h2-3,8,11,14H,4-7,9-10H2,1H3. The van der Waals surface area contributed by atoms with Crippen molar-refractivity contribution in [2.24, 2.45) is 0 Å². The van der Waals surface area contributed by atoms with Gasteiger partial charge in [-0.1, -0.05) is 0 Å². The highest BCUT2D eigenvalue weighted by atomic mass is 16.5. The topological polar surface area (TPSA) is 40.6 Å². The highest BCUT2D eigenvalue weighted by molar-refractivity contribution is 5.44. The van der Waals surface area contributed by atoms with E-state index in [4.69, 9.17) is 4.74 Å². The van der Waals surface area contributed by atoms with Gasteiger partial charge in [-0.2, -0.15) is 0 Å². The van der Waals surface area contributed by atoms with Crippen LogP contribution in [-0.2, 0) is 0 Å². The number of ether oxygens (including phenoxy) is 1. The molecule has 0 unspecified atom stereocenters. The van der Waals surface area contributed by atoms with Gasteiger partial charge in [0.25, 0.3) is 0 Å². The Morgan fingerprint density at radius 3 is 2.67 bits per heavy atom. The zero-order valence-corrected chi connectivity index (χ0v) is 10.8. The first-order valence-electron chi connectivity index (χ1n) is 6.56. The number of pyridine rings is 1. The van der Waals surface area contributed by atoms with Crippen molar-refractivity contribution in [3.63, 3.8) is 0 Å². The number of hydrogen-bond donors (Lipinski definition) is 1. The maximum Gasteiger partial charge on any atom is 0.137 e. The summed E-state index contributed by atoms with van der Waals surface area (Å²) >= 11 is 0. The molecule has 0 spiro atoms. The summed E-state index contributed by atoms with van der Waals surface area (Å²) in [5, 5.41) is 3.39. The van der Waals surface area contributed by atoms with Crippen molar-refractivity contribution < 1.29 is 4.74 Å². The smallest absolute Gasteiger partial charge is 0.137 e. The molecule has 3 rings (SSSR count). The molecule has 0 saturated carbocycles. The predicted octanol–water partition coefficient (Wildman–Crippen LogP) is 0.184. The van der Waals surface area contributed by atoms with Gasteiger partial charge in [0.2, 0.25) is 0 Å². The molecular formula is C13H20N4O. The minimum atomic E-state index is 0.705. The van der Waals surface area contributed by atoms with Crippen LogP contribution in [0, 0.1) is 0 Å². The van der Waals surface area contributed by atoms with Crippen LogP contribution >= 0.6 is 0 Å². The number of hydrogen-bond acceptors (Lipinski definition) is 5. The van der Waals surface area contributed by atoms with Crippen LogP contribution in [0.2, 0.25) is 0 Å². The molecule has 2 aliphatic heterocycles. The van der Waals surface area contributed by atoms with Crippen LogP contribution in [0.1, 0.15) is 0 Å². The highest BCUT2D eigenvalue weighted by Gasteiger charge is 2.32. The number of piperazine rings is 1. The lowest BCUT2D eigenvalue weighted by atomic mass is 10.1. The lowest BCUT2D eigenvalue weighted by Gasteiger charge is -2.47. The van der Waals surface area contributed by atoms with E-state index in [1.807, 2.05) is 12.1 Å². The number of aromatic nitrogens is 1. The van der Waals surface area contributed by atoms with Crippen LogP contribution in [0.15, 0.2) is 18.3 Å². The Kier molecular flexibility index (Phi) is 3.34. The first-order chi connectivity index (χ1) is 8.86. The van der Waals surface area contributed by atoms with Gasteiger partial charge < -0.3 is 15.0 Å². The van der Waals surface area contributed by atoms with Gasteiger partial charge in [0.05, 0.1) is 13.3 Å². The molecule has 0 radical (unpaired) electrons. The largest absolute Gasteiger partial charge is 0.495 e. The van der Waals surface area contributed by atoms with Gasteiger partial charge in [-0.05, 0) is 12.1 Å². The van der Waals surface area contributed by atoms with E-state index in [0.717, 1.165) is 37.7 Å². The fraction of sp³-hybridized carbons (Fsp3) is 0.615. The van der Waals surface area contributed by atoms with Crippen LogP contribution in [0.3, 0.4) is 0 Å². The zero-order valence-electron chi connectivity index (χ0n) is 10.8. The summed E-state index contributed by atoms with van der Waals surface area (Å²) in [6.45, 7) is 6.79. The van der Waals surface area contributed by atoms with Crippen LogP contribution in [0.5, 0.6) is 5.75 Å². The summed E-state index contributed by atoms with van der Waals surface area (Å²) in [5.41, 5.74) is 0.